The van der Waals surface area contributed by atoms with Crippen molar-refractivity contribution in [1.82, 2.24) is 0 Å². The van der Waals surface area contributed by atoms with Gasteiger partial charge in [0.05, 0.1) is 13.2 Å². The molecule has 22 heavy (non-hydrogen) atoms. The van der Waals surface area contributed by atoms with Gasteiger partial charge in [-0.3, -0.25) is 0 Å². The van der Waals surface area contributed by atoms with E-state index in [0.717, 1.165) is 29.9 Å². The molecule has 0 spiro atoms. The second-order valence-corrected chi connectivity index (χ2v) is 5.71. The first-order chi connectivity index (χ1) is 10.6. The van der Waals surface area contributed by atoms with E-state index in [1.807, 2.05) is 36.4 Å². The third-order valence-electron chi connectivity index (χ3n) is 3.41. The molecule has 0 fully saturated rings. The Labute approximate surface area is 136 Å². The number of ether oxygens (including phenoxy) is 2. The molecule has 2 rings (SSSR count). The van der Waals surface area contributed by atoms with Crippen molar-refractivity contribution < 1.29 is 14.6 Å². The molecule has 0 saturated carbocycles. The molecule has 3 nitrogen and oxygen atoms in total. The van der Waals surface area contributed by atoms with Crippen LogP contribution in [-0.2, 0) is 13.0 Å². The van der Waals surface area contributed by atoms with Gasteiger partial charge in [0.15, 0.2) is 0 Å². The summed E-state index contributed by atoms with van der Waals surface area (Å²) in [4.78, 5) is 0. The third kappa shape index (κ3) is 4.93. The molecule has 0 bridgehead atoms. The summed E-state index contributed by atoms with van der Waals surface area (Å²) in [6.07, 6.45) is 1.35. The largest absolute Gasteiger partial charge is 0.496 e. The Kier molecular flexibility index (Phi) is 6.10. The van der Waals surface area contributed by atoms with Crippen LogP contribution in [-0.4, -0.2) is 18.3 Å². The van der Waals surface area contributed by atoms with E-state index in [4.69, 9.17) is 21.1 Å². The van der Waals surface area contributed by atoms with Crippen molar-refractivity contribution in [2.45, 2.75) is 32.5 Å². The van der Waals surface area contributed by atoms with Crippen LogP contribution in [0.2, 0.25) is 5.02 Å². The van der Waals surface area contributed by atoms with E-state index < -0.39 is 0 Å². The van der Waals surface area contributed by atoms with Crippen molar-refractivity contribution in [2.75, 3.05) is 7.11 Å². The van der Waals surface area contributed by atoms with E-state index in [2.05, 4.69) is 0 Å². The number of rotatable bonds is 7. The molecule has 0 aliphatic carbocycles. The Balaban J connectivity index is 1.95. The summed E-state index contributed by atoms with van der Waals surface area (Å²) < 4.78 is 11.1. The van der Waals surface area contributed by atoms with E-state index in [-0.39, 0.29) is 6.10 Å². The molecule has 1 unspecified atom stereocenters. The molecule has 2 aromatic carbocycles. The highest BCUT2D eigenvalue weighted by atomic mass is 35.5. The Morgan fingerprint density at radius 1 is 1.14 bits per heavy atom. The maximum absolute atomic E-state index is 9.30. The zero-order valence-electron chi connectivity index (χ0n) is 12.9. The van der Waals surface area contributed by atoms with Gasteiger partial charge >= 0.3 is 0 Å². The van der Waals surface area contributed by atoms with Gasteiger partial charge in [0.1, 0.15) is 18.1 Å². The third-order valence-corrected chi connectivity index (χ3v) is 3.65. The minimum atomic E-state index is -0.272. The number of aliphatic hydroxyl groups excluding tert-OH is 1. The van der Waals surface area contributed by atoms with Gasteiger partial charge in [-0.25, -0.2) is 0 Å². The number of hydrogen-bond acceptors (Lipinski definition) is 3. The summed E-state index contributed by atoms with van der Waals surface area (Å²) in [5.74, 6) is 1.56. The quantitative estimate of drug-likeness (QED) is 0.829. The molecule has 0 aromatic heterocycles. The first-order valence-electron chi connectivity index (χ1n) is 7.30. The first-order valence-corrected chi connectivity index (χ1v) is 7.68. The molecular formula is C18H21ClO3. The Hall–Kier alpha value is -1.71. The molecule has 4 heteroatoms. The predicted molar refractivity (Wildman–Crippen MR) is 88.8 cm³/mol. The van der Waals surface area contributed by atoms with Gasteiger partial charge in [0.25, 0.3) is 0 Å². The minimum absolute atomic E-state index is 0.272. The summed E-state index contributed by atoms with van der Waals surface area (Å²) in [7, 11) is 1.63. The Morgan fingerprint density at radius 2 is 1.86 bits per heavy atom. The van der Waals surface area contributed by atoms with Crippen molar-refractivity contribution in [1.29, 1.82) is 0 Å². The van der Waals surface area contributed by atoms with Crippen molar-refractivity contribution >= 4 is 11.6 Å². The SMILES string of the molecule is COc1ccc(Cl)cc1COc1ccc(CCC(C)O)cc1. The zero-order chi connectivity index (χ0) is 15.9. The molecule has 0 radical (unpaired) electrons. The van der Waals surface area contributed by atoms with Crippen LogP contribution in [0, 0.1) is 0 Å². The van der Waals surface area contributed by atoms with Gasteiger partial charge in [-0.1, -0.05) is 23.7 Å². The molecule has 2 aromatic rings. The monoisotopic (exact) mass is 320 g/mol. The zero-order valence-corrected chi connectivity index (χ0v) is 13.6. The lowest BCUT2D eigenvalue weighted by Gasteiger charge is -2.11. The highest BCUT2D eigenvalue weighted by molar-refractivity contribution is 6.30. The van der Waals surface area contributed by atoms with E-state index >= 15 is 0 Å². The minimum Gasteiger partial charge on any atom is -0.496 e. The molecule has 0 saturated heterocycles. The highest BCUT2D eigenvalue weighted by Gasteiger charge is 2.05. The standard InChI is InChI=1S/C18H21ClO3/c1-13(20)3-4-14-5-8-17(9-6-14)22-12-15-11-16(19)7-10-18(15)21-2/h5-11,13,20H,3-4,12H2,1-2H3. The van der Waals surface area contributed by atoms with Gasteiger partial charge in [0.2, 0.25) is 0 Å². The molecule has 1 atom stereocenters. The fourth-order valence-corrected chi connectivity index (χ4v) is 2.34. The van der Waals surface area contributed by atoms with Crippen LogP contribution < -0.4 is 9.47 Å². The van der Waals surface area contributed by atoms with Crippen molar-refractivity contribution in [3.63, 3.8) is 0 Å². The topological polar surface area (TPSA) is 38.7 Å². The van der Waals surface area contributed by atoms with Gasteiger partial charge in [-0.05, 0) is 55.7 Å². The van der Waals surface area contributed by atoms with E-state index in [1.165, 1.54) is 5.56 Å². The van der Waals surface area contributed by atoms with Crippen LogP contribution in [0.5, 0.6) is 11.5 Å². The van der Waals surface area contributed by atoms with Crippen LogP contribution in [0.25, 0.3) is 0 Å². The second-order valence-electron chi connectivity index (χ2n) is 5.28. The lowest BCUT2D eigenvalue weighted by molar-refractivity contribution is 0.185. The number of methoxy groups -OCH3 is 1. The smallest absolute Gasteiger partial charge is 0.125 e. The summed E-state index contributed by atoms with van der Waals surface area (Å²) >= 11 is 6.01. The predicted octanol–water partition coefficient (Wildman–Crippen LogP) is 4.24. The van der Waals surface area contributed by atoms with Crippen molar-refractivity contribution in [2.24, 2.45) is 0 Å². The number of benzene rings is 2. The number of halogens is 1. The van der Waals surface area contributed by atoms with E-state index in [9.17, 15) is 5.11 Å². The summed E-state index contributed by atoms with van der Waals surface area (Å²) in [5, 5.41) is 9.96. The Bertz CT molecular complexity index is 594. The van der Waals surface area contributed by atoms with Crippen LogP contribution in [0.15, 0.2) is 42.5 Å². The first kappa shape index (κ1) is 16.7. The summed E-state index contributed by atoms with van der Waals surface area (Å²) in [6, 6.07) is 13.4. The van der Waals surface area contributed by atoms with E-state index in [0.29, 0.717) is 11.6 Å². The molecule has 1 N–H and O–H groups in total. The highest BCUT2D eigenvalue weighted by Crippen LogP contribution is 2.24. The molecule has 0 aliphatic rings. The van der Waals surface area contributed by atoms with Crippen LogP contribution >= 0.6 is 11.6 Å². The summed E-state index contributed by atoms with van der Waals surface area (Å²) in [6.45, 7) is 2.20. The fraction of sp³-hybridized carbons (Fsp3) is 0.333. The second kappa shape index (κ2) is 8.06. The molecule has 0 aliphatic heterocycles. The lowest BCUT2D eigenvalue weighted by atomic mass is 10.1. The lowest BCUT2D eigenvalue weighted by Crippen LogP contribution is -2.01. The fourth-order valence-electron chi connectivity index (χ4n) is 2.15. The van der Waals surface area contributed by atoms with Gasteiger partial charge in [-0.2, -0.15) is 0 Å². The van der Waals surface area contributed by atoms with Gasteiger partial charge in [0, 0.05) is 10.6 Å². The van der Waals surface area contributed by atoms with Crippen molar-refractivity contribution in [3.05, 3.63) is 58.6 Å². The summed E-state index contributed by atoms with van der Waals surface area (Å²) in [5.41, 5.74) is 2.10. The number of aryl methyl sites for hydroxylation is 1. The molecular weight excluding hydrogens is 300 g/mol. The Morgan fingerprint density at radius 3 is 2.50 bits per heavy atom. The normalized spacial score (nSPS) is 12.0. The number of hydrogen-bond donors (Lipinski definition) is 1. The van der Waals surface area contributed by atoms with Gasteiger partial charge < -0.3 is 14.6 Å². The average molecular weight is 321 g/mol. The number of aliphatic hydroxyl groups is 1. The molecule has 0 amide bonds. The maximum Gasteiger partial charge on any atom is 0.125 e. The van der Waals surface area contributed by atoms with E-state index in [1.54, 1.807) is 20.1 Å². The molecule has 0 heterocycles. The van der Waals surface area contributed by atoms with Crippen molar-refractivity contribution in [3.8, 4) is 11.5 Å². The van der Waals surface area contributed by atoms with Crippen LogP contribution in [0.1, 0.15) is 24.5 Å². The van der Waals surface area contributed by atoms with Crippen LogP contribution in [0.3, 0.4) is 0 Å². The maximum atomic E-state index is 9.30. The average Bonchev–Trinajstić information content (AvgIpc) is 2.52. The van der Waals surface area contributed by atoms with Crippen LogP contribution in [0.4, 0.5) is 0 Å². The molecule has 118 valence electrons. The van der Waals surface area contributed by atoms with Gasteiger partial charge in [-0.15, -0.1) is 0 Å².